The Morgan fingerprint density at radius 3 is 2.79 bits per heavy atom. The van der Waals surface area contributed by atoms with Gasteiger partial charge in [-0.15, -0.1) is 0 Å². The zero-order chi connectivity index (χ0) is 9.97. The molecule has 76 valence electrons. The predicted molar refractivity (Wildman–Crippen MR) is 53.7 cm³/mol. The second-order valence-corrected chi connectivity index (χ2v) is 3.88. The number of anilines is 1. The summed E-state index contributed by atoms with van der Waals surface area (Å²) in [5, 5.41) is 9.52. The van der Waals surface area contributed by atoms with E-state index in [1.54, 1.807) is 12.4 Å². The van der Waals surface area contributed by atoms with E-state index in [4.69, 9.17) is 5.73 Å². The molecule has 1 aliphatic carbocycles. The minimum absolute atomic E-state index is 0.173. The third kappa shape index (κ3) is 2.01. The molecule has 0 bridgehead atoms. The second kappa shape index (κ2) is 3.92. The van der Waals surface area contributed by atoms with Gasteiger partial charge in [0.1, 0.15) is 5.82 Å². The van der Waals surface area contributed by atoms with Crippen molar-refractivity contribution in [2.75, 3.05) is 5.73 Å². The van der Waals surface area contributed by atoms with Crippen LogP contribution in [-0.4, -0.2) is 21.2 Å². The molecule has 0 saturated heterocycles. The molecule has 1 fully saturated rings. The summed E-state index contributed by atoms with van der Waals surface area (Å²) in [5.74, 6) is 0.803. The van der Waals surface area contributed by atoms with Gasteiger partial charge in [0.2, 0.25) is 0 Å². The monoisotopic (exact) mass is 193 g/mol. The van der Waals surface area contributed by atoms with E-state index in [-0.39, 0.29) is 6.10 Å². The van der Waals surface area contributed by atoms with Crippen LogP contribution in [0.25, 0.3) is 0 Å². The highest BCUT2D eigenvalue weighted by Gasteiger charge is 2.22. The number of nitrogens with zero attached hydrogens (tertiary/aromatic N) is 2. The molecule has 2 rings (SSSR count). The summed E-state index contributed by atoms with van der Waals surface area (Å²) in [5.41, 5.74) is 6.42. The van der Waals surface area contributed by atoms with E-state index in [2.05, 4.69) is 9.97 Å². The molecule has 1 aromatic rings. The van der Waals surface area contributed by atoms with Crippen LogP contribution in [0.4, 0.5) is 5.82 Å². The minimum Gasteiger partial charge on any atom is -0.393 e. The van der Waals surface area contributed by atoms with Crippen molar-refractivity contribution in [2.24, 2.45) is 0 Å². The zero-order valence-electron chi connectivity index (χ0n) is 8.06. The van der Waals surface area contributed by atoms with Crippen molar-refractivity contribution < 1.29 is 5.11 Å². The van der Waals surface area contributed by atoms with E-state index in [1.165, 1.54) is 0 Å². The smallest absolute Gasteiger partial charge is 0.141 e. The Morgan fingerprint density at radius 2 is 2.14 bits per heavy atom. The summed E-state index contributed by atoms with van der Waals surface area (Å²) >= 11 is 0. The number of rotatable bonds is 1. The van der Waals surface area contributed by atoms with E-state index in [9.17, 15) is 5.11 Å². The van der Waals surface area contributed by atoms with Gasteiger partial charge in [0, 0.05) is 5.92 Å². The van der Waals surface area contributed by atoms with Crippen molar-refractivity contribution in [2.45, 2.75) is 37.7 Å². The lowest BCUT2D eigenvalue weighted by atomic mass is 9.85. The average molecular weight is 193 g/mol. The van der Waals surface area contributed by atoms with Crippen LogP contribution in [-0.2, 0) is 0 Å². The fraction of sp³-hybridized carbons (Fsp3) is 0.600. The van der Waals surface area contributed by atoms with Gasteiger partial charge in [0.05, 0.1) is 24.2 Å². The number of aliphatic hydroxyl groups is 1. The first kappa shape index (κ1) is 9.40. The maximum Gasteiger partial charge on any atom is 0.141 e. The van der Waals surface area contributed by atoms with Crippen molar-refractivity contribution in [3.8, 4) is 0 Å². The Hall–Kier alpha value is -1.16. The fourth-order valence-electron chi connectivity index (χ4n) is 1.99. The normalized spacial score (nSPS) is 27.5. The summed E-state index contributed by atoms with van der Waals surface area (Å²) in [6.07, 6.45) is 7.01. The quantitative estimate of drug-likeness (QED) is 0.700. The Morgan fingerprint density at radius 1 is 1.29 bits per heavy atom. The molecule has 1 aliphatic rings. The van der Waals surface area contributed by atoms with Crippen molar-refractivity contribution in [1.82, 2.24) is 9.97 Å². The van der Waals surface area contributed by atoms with Crippen molar-refractivity contribution in [3.05, 3.63) is 18.1 Å². The van der Waals surface area contributed by atoms with Crippen LogP contribution < -0.4 is 5.73 Å². The van der Waals surface area contributed by atoms with Gasteiger partial charge in [-0.2, -0.15) is 0 Å². The van der Waals surface area contributed by atoms with Gasteiger partial charge in [0.25, 0.3) is 0 Å². The van der Waals surface area contributed by atoms with Gasteiger partial charge in [0.15, 0.2) is 0 Å². The third-order valence-electron chi connectivity index (χ3n) is 2.76. The average Bonchev–Trinajstić information content (AvgIpc) is 2.19. The van der Waals surface area contributed by atoms with Crippen LogP contribution in [0.15, 0.2) is 12.4 Å². The van der Waals surface area contributed by atoms with Gasteiger partial charge >= 0.3 is 0 Å². The fourth-order valence-corrected chi connectivity index (χ4v) is 1.99. The van der Waals surface area contributed by atoms with Gasteiger partial charge < -0.3 is 10.8 Å². The molecule has 3 N–H and O–H groups in total. The minimum atomic E-state index is -0.173. The molecule has 4 nitrogen and oxygen atoms in total. The molecule has 0 radical (unpaired) electrons. The molecule has 2 atom stereocenters. The summed E-state index contributed by atoms with van der Waals surface area (Å²) in [4.78, 5) is 8.25. The van der Waals surface area contributed by atoms with E-state index in [1.807, 2.05) is 0 Å². The number of hydrogen-bond donors (Lipinski definition) is 2. The Kier molecular flexibility index (Phi) is 2.63. The van der Waals surface area contributed by atoms with Crippen LogP contribution >= 0.6 is 0 Å². The van der Waals surface area contributed by atoms with E-state index < -0.39 is 0 Å². The lowest BCUT2D eigenvalue weighted by Crippen LogP contribution is -2.19. The number of hydrogen-bond acceptors (Lipinski definition) is 4. The molecule has 4 heteroatoms. The Bertz CT molecular complexity index is 299. The van der Waals surface area contributed by atoms with Crippen molar-refractivity contribution in [3.63, 3.8) is 0 Å². The van der Waals surface area contributed by atoms with Crippen LogP contribution in [0.3, 0.4) is 0 Å². The van der Waals surface area contributed by atoms with Gasteiger partial charge in [-0.1, -0.05) is 6.42 Å². The molecule has 0 spiro atoms. The van der Waals surface area contributed by atoms with Crippen LogP contribution in [0.2, 0.25) is 0 Å². The molecular weight excluding hydrogens is 178 g/mol. The SMILES string of the molecule is Nc1cnc([C@@H]2CCC[C@H](O)C2)cn1. The molecule has 0 aromatic carbocycles. The van der Waals surface area contributed by atoms with Crippen molar-refractivity contribution in [1.29, 1.82) is 0 Å². The number of nitrogens with two attached hydrogens (primary N) is 1. The first-order valence-electron chi connectivity index (χ1n) is 5.01. The maximum atomic E-state index is 9.52. The summed E-state index contributed by atoms with van der Waals surface area (Å²) < 4.78 is 0. The predicted octanol–water partition coefficient (Wildman–Crippen LogP) is 1.08. The molecule has 14 heavy (non-hydrogen) atoms. The van der Waals surface area contributed by atoms with Gasteiger partial charge in [-0.25, -0.2) is 4.98 Å². The van der Waals surface area contributed by atoms with Gasteiger partial charge in [-0.05, 0) is 19.3 Å². The van der Waals surface area contributed by atoms with Crippen LogP contribution in [0.5, 0.6) is 0 Å². The highest BCUT2D eigenvalue weighted by molar-refractivity contribution is 5.24. The first-order valence-corrected chi connectivity index (χ1v) is 5.01. The van der Waals surface area contributed by atoms with E-state index >= 15 is 0 Å². The molecule has 0 aliphatic heterocycles. The molecule has 1 saturated carbocycles. The third-order valence-corrected chi connectivity index (χ3v) is 2.76. The summed E-state index contributed by atoms with van der Waals surface area (Å²) in [6, 6.07) is 0. The van der Waals surface area contributed by atoms with Crippen molar-refractivity contribution >= 4 is 5.82 Å². The lowest BCUT2D eigenvalue weighted by Gasteiger charge is -2.24. The number of aromatic nitrogens is 2. The van der Waals surface area contributed by atoms with Gasteiger partial charge in [-0.3, -0.25) is 4.98 Å². The largest absolute Gasteiger partial charge is 0.393 e. The number of nitrogen functional groups attached to an aromatic ring is 1. The zero-order valence-corrected chi connectivity index (χ0v) is 8.06. The van der Waals surface area contributed by atoms with E-state index in [0.29, 0.717) is 11.7 Å². The highest BCUT2D eigenvalue weighted by Crippen LogP contribution is 2.31. The first-order chi connectivity index (χ1) is 6.75. The molecular formula is C10H15N3O. The summed E-state index contributed by atoms with van der Waals surface area (Å²) in [6.45, 7) is 0. The molecule has 0 amide bonds. The summed E-state index contributed by atoms with van der Waals surface area (Å²) in [7, 11) is 0. The standard InChI is InChI=1S/C10H15N3O/c11-10-6-12-9(5-13-10)7-2-1-3-8(14)4-7/h5-8,14H,1-4H2,(H2,11,13)/t7-,8+/m1/s1. The Labute approximate surface area is 83.2 Å². The maximum absolute atomic E-state index is 9.52. The Balaban J connectivity index is 2.10. The van der Waals surface area contributed by atoms with Crippen LogP contribution in [0, 0.1) is 0 Å². The number of aliphatic hydroxyl groups excluding tert-OH is 1. The topological polar surface area (TPSA) is 72.0 Å². The molecule has 0 unspecified atom stereocenters. The van der Waals surface area contributed by atoms with E-state index in [0.717, 1.165) is 31.4 Å². The highest BCUT2D eigenvalue weighted by atomic mass is 16.3. The molecule has 1 heterocycles. The van der Waals surface area contributed by atoms with Crippen LogP contribution in [0.1, 0.15) is 37.3 Å². The molecule has 1 aromatic heterocycles. The lowest BCUT2D eigenvalue weighted by molar-refractivity contribution is 0.118. The second-order valence-electron chi connectivity index (χ2n) is 3.88.